The van der Waals surface area contributed by atoms with E-state index >= 15 is 0 Å². The number of Topliss-reactive ketones (excluding diaryl/α,β-unsaturated/α-hetero) is 1. The van der Waals surface area contributed by atoms with Crippen LogP contribution in [0.2, 0.25) is 0 Å². The fourth-order valence-corrected chi connectivity index (χ4v) is 2.07. The average Bonchev–Trinajstić information content (AvgIpc) is 3.04. The number of carbonyl (C=O) groups excluding carboxylic acids is 1. The predicted octanol–water partition coefficient (Wildman–Crippen LogP) is 1.91. The van der Waals surface area contributed by atoms with Gasteiger partial charge in [-0.25, -0.2) is 0 Å². The van der Waals surface area contributed by atoms with Gasteiger partial charge in [-0.15, -0.1) is 8.78 Å². The minimum absolute atomic E-state index is 0.146. The van der Waals surface area contributed by atoms with E-state index in [1.165, 1.54) is 12.1 Å². The number of carboxylic acid groups (broad SMARTS) is 1. The molecule has 5 nitrogen and oxygen atoms in total. The molecular formula is C12H8F2O5. The van der Waals surface area contributed by atoms with Crippen molar-refractivity contribution in [3.8, 4) is 11.5 Å². The van der Waals surface area contributed by atoms with Crippen molar-refractivity contribution in [2.75, 3.05) is 0 Å². The Balaban J connectivity index is 1.81. The van der Waals surface area contributed by atoms with Crippen molar-refractivity contribution in [2.45, 2.75) is 12.7 Å². The summed E-state index contributed by atoms with van der Waals surface area (Å²) in [5.74, 6) is -3.03. The first-order valence-corrected chi connectivity index (χ1v) is 5.54. The van der Waals surface area contributed by atoms with Gasteiger partial charge < -0.3 is 14.6 Å². The van der Waals surface area contributed by atoms with Crippen LogP contribution in [0.4, 0.5) is 8.78 Å². The van der Waals surface area contributed by atoms with Crippen LogP contribution in [0.15, 0.2) is 18.2 Å². The van der Waals surface area contributed by atoms with Crippen LogP contribution in [-0.2, 0) is 4.79 Å². The van der Waals surface area contributed by atoms with Crippen molar-refractivity contribution < 1.29 is 33.0 Å². The summed E-state index contributed by atoms with van der Waals surface area (Å²) in [6.45, 7) is 0. The van der Waals surface area contributed by atoms with Gasteiger partial charge in [0, 0.05) is 11.5 Å². The van der Waals surface area contributed by atoms with Crippen molar-refractivity contribution in [1.82, 2.24) is 0 Å². The summed E-state index contributed by atoms with van der Waals surface area (Å²) in [7, 11) is 0. The van der Waals surface area contributed by atoms with E-state index in [2.05, 4.69) is 9.47 Å². The Hall–Kier alpha value is -2.18. The van der Waals surface area contributed by atoms with E-state index in [1.54, 1.807) is 0 Å². The highest BCUT2D eigenvalue weighted by atomic mass is 19.3. The number of aliphatic carboxylic acids is 1. The number of hydrogen-bond donors (Lipinski definition) is 1. The van der Waals surface area contributed by atoms with Crippen LogP contribution in [0, 0.1) is 11.8 Å². The number of hydrogen-bond acceptors (Lipinski definition) is 4. The monoisotopic (exact) mass is 270 g/mol. The van der Waals surface area contributed by atoms with Crippen molar-refractivity contribution in [3.63, 3.8) is 0 Å². The van der Waals surface area contributed by atoms with Crippen molar-refractivity contribution in [2.24, 2.45) is 11.8 Å². The van der Waals surface area contributed by atoms with Gasteiger partial charge in [-0.1, -0.05) is 0 Å². The van der Waals surface area contributed by atoms with Crippen molar-refractivity contribution in [1.29, 1.82) is 0 Å². The standard InChI is InChI=1S/C12H8F2O5/c13-12(14)18-8-2-1-5(3-9(8)19-12)10(15)6-4-7(6)11(16)17/h1-3,6-7H,4H2,(H,16,17)/t6-,7?/m0/s1. The van der Waals surface area contributed by atoms with Crippen LogP contribution >= 0.6 is 0 Å². The smallest absolute Gasteiger partial charge is 0.481 e. The van der Waals surface area contributed by atoms with Gasteiger partial charge in [0.15, 0.2) is 17.3 Å². The third kappa shape index (κ3) is 2.00. The van der Waals surface area contributed by atoms with Crippen LogP contribution in [0.5, 0.6) is 11.5 Å². The molecule has 2 atom stereocenters. The number of ether oxygens (including phenoxy) is 2. The molecule has 19 heavy (non-hydrogen) atoms. The summed E-state index contributed by atoms with van der Waals surface area (Å²) in [5, 5.41) is 8.75. The summed E-state index contributed by atoms with van der Waals surface area (Å²) < 4.78 is 34.0. The molecule has 1 aromatic carbocycles. The van der Waals surface area contributed by atoms with Crippen molar-refractivity contribution in [3.05, 3.63) is 23.8 Å². The van der Waals surface area contributed by atoms with E-state index in [9.17, 15) is 18.4 Å². The Labute approximate surface area is 105 Å². The number of ketones is 1. The van der Waals surface area contributed by atoms with Crippen LogP contribution < -0.4 is 9.47 Å². The van der Waals surface area contributed by atoms with E-state index < -0.39 is 24.1 Å². The Morgan fingerprint density at radius 3 is 2.53 bits per heavy atom. The molecule has 1 saturated carbocycles. The number of fused-ring (bicyclic) bond motifs is 1. The highest BCUT2D eigenvalue weighted by molar-refractivity contribution is 6.03. The van der Waals surface area contributed by atoms with Crippen LogP contribution in [0.3, 0.4) is 0 Å². The fraction of sp³-hybridized carbons (Fsp3) is 0.333. The Morgan fingerprint density at radius 2 is 1.89 bits per heavy atom. The number of carbonyl (C=O) groups is 2. The number of rotatable bonds is 3. The van der Waals surface area contributed by atoms with E-state index in [1.807, 2.05) is 0 Å². The lowest BCUT2D eigenvalue weighted by molar-refractivity contribution is -0.286. The topological polar surface area (TPSA) is 72.8 Å². The molecule has 0 saturated heterocycles. The zero-order valence-electron chi connectivity index (χ0n) is 9.43. The van der Waals surface area contributed by atoms with Gasteiger partial charge in [0.1, 0.15) is 0 Å². The van der Waals surface area contributed by atoms with E-state index in [0.717, 1.165) is 6.07 Å². The first-order valence-electron chi connectivity index (χ1n) is 5.54. The summed E-state index contributed by atoms with van der Waals surface area (Å²) >= 11 is 0. The molecule has 0 aromatic heterocycles. The lowest BCUT2D eigenvalue weighted by atomic mass is 10.1. The highest BCUT2D eigenvalue weighted by Crippen LogP contribution is 2.44. The number of benzene rings is 1. The van der Waals surface area contributed by atoms with Gasteiger partial charge in [-0.2, -0.15) is 0 Å². The van der Waals surface area contributed by atoms with Crippen LogP contribution in [-0.4, -0.2) is 23.2 Å². The van der Waals surface area contributed by atoms with Crippen LogP contribution in [0.25, 0.3) is 0 Å². The highest BCUT2D eigenvalue weighted by Gasteiger charge is 2.49. The molecule has 7 heteroatoms. The third-order valence-electron chi connectivity index (χ3n) is 3.13. The summed E-state index contributed by atoms with van der Waals surface area (Å²) in [4.78, 5) is 22.6. The quantitative estimate of drug-likeness (QED) is 0.849. The minimum Gasteiger partial charge on any atom is -0.481 e. The van der Waals surface area contributed by atoms with Gasteiger partial charge in [-0.3, -0.25) is 9.59 Å². The molecule has 100 valence electrons. The molecule has 1 aliphatic heterocycles. The lowest BCUT2D eigenvalue weighted by Crippen LogP contribution is -2.25. The van der Waals surface area contributed by atoms with Gasteiger partial charge in [0.05, 0.1) is 5.92 Å². The largest absolute Gasteiger partial charge is 0.586 e. The summed E-state index contributed by atoms with van der Waals surface area (Å²) in [5.41, 5.74) is 0.147. The molecule has 1 aliphatic carbocycles. The summed E-state index contributed by atoms with van der Waals surface area (Å²) in [6.07, 6.45) is -3.45. The number of halogens is 2. The molecule has 1 unspecified atom stereocenters. The minimum atomic E-state index is -3.73. The maximum atomic E-state index is 12.8. The van der Waals surface area contributed by atoms with Gasteiger partial charge in [0.2, 0.25) is 0 Å². The predicted molar refractivity (Wildman–Crippen MR) is 56.2 cm³/mol. The van der Waals surface area contributed by atoms with Gasteiger partial charge >= 0.3 is 12.3 Å². The number of carboxylic acids is 1. The number of alkyl halides is 2. The maximum Gasteiger partial charge on any atom is 0.586 e. The second-order valence-corrected chi connectivity index (χ2v) is 4.48. The average molecular weight is 270 g/mol. The van der Waals surface area contributed by atoms with E-state index in [0.29, 0.717) is 0 Å². The molecule has 0 bridgehead atoms. The fourth-order valence-electron chi connectivity index (χ4n) is 2.07. The lowest BCUT2D eigenvalue weighted by Gasteiger charge is -2.04. The SMILES string of the molecule is O=C(O)C1C[C@@H]1C(=O)c1ccc2c(c1)OC(F)(F)O2. The van der Waals surface area contributed by atoms with Gasteiger partial charge in [-0.05, 0) is 24.6 Å². The normalized spacial score (nSPS) is 26.0. The molecule has 0 amide bonds. The first kappa shape index (κ1) is 11.9. The zero-order valence-corrected chi connectivity index (χ0v) is 9.43. The molecule has 2 aliphatic rings. The third-order valence-corrected chi connectivity index (χ3v) is 3.13. The molecule has 1 aromatic rings. The molecule has 3 rings (SSSR count). The maximum absolute atomic E-state index is 12.8. The zero-order chi connectivity index (χ0) is 13.8. The molecular weight excluding hydrogens is 262 g/mol. The van der Waals surface area contributed by atoms with Crippen molar-refractivity contribution >= 4 is 11.8 Å². The molecule has 0 radical (unpaired) electrons. The second kappa shape index (κ2) is 3.66. The molecule has 1 fully saturated rings. The van der Waals surface area contributed by atoms with Gasteiger partial charge in [0.25, 0.3) is 0 Å². The van der Waals surface area contributed by atoms with Crippen LogP contribution in [0.1, 0.15) is 16.8 Å². The first-order chi connectivity index (χ1) is 8.87. The van der Waals surface area contributed by atoms with E-state index in [4.69, 9.17) is 5.11 Å². The Morgan fingerprint density at radius 1 is 1.21 bits per heavy atom. The Kier molecular flexibility index (Phi) is 2.29. The second-order valence-electron chi connectivity index (χ2n) is 4.48. The molecule has 0 spiro atoms. The molecule has 1 heterocycles. The Bertz CT molecular complexity index is 583. The molecule has 1 N–H and O–H groups in total. The summed E-state index contributed by atoms with van der Waals surface area (Å²) in [6, 6.07) is 3.68. The van der Waals surface area contributed by atoms with E-state index in [-0.39, 0.29) is 29.3 Å².